The van der Waals surface area contributed by atoms with Gasteiger partial charge >= 0.3 is 5.97 Å². The zero-order valence-electron chi connectivity index (χ0n) is 15.7. The minimum absolute atomic E-state index is 0.218. The van der Waals surface area contributed by atoms with Crippen LogP contribution in [0.5, 0.6) is 5.75 Å². The molecule has 3 aromatic rings. The first-order valence-electron chi connectivity index (χ1n) is 9.02. The molecule has 0 spiro atoms. The van der Waals surface area contributed by atoms with Gasteiger partial charge in [-0.3, -0.25) is 9.69 Å². The van der Waals surface area contributed by atoms with Gasteiger partial charge in [0, 0.05) is 5.02 Å². The van der Waals surface area contributed by atoms with Gasteiger partial charge in [0.05, 0.1) is 16.2 Å². The predicted molar refractivity (Wildman–Crippen MR) is 125 cm³/mol. The molecule has 154 valence electrons. The molecule has 8 heteroatoms. The second-order valence-corrected chi connectivity index (χ2v) is 8.57. The van der Waals surface area contributed by atoms with E-state index in [1.165, 1.54) is 40.9 Å². The summed E-state index contributed by atoms with van der Waals surface area (Å²) in [7, 11) is 0. The maximum absolute atomic E-state index is 13.0. The number of carbonyl (C=O) groups is 2. The number of thioether (sulfide) groups is 1. The number of thiocarbonyl (C=S) groups is 1. The number of carbonyl (C=O) groups excluding carboxylic acids is 2. The van der Waals surface area contributed by atoms with Gasteiger partial charge < -0.3 is 4.74 Å². The molecule has 0 bridgehead atoms. The summed E-state index contributed by atoms with van der Waals surface area (Å²) in [4.78, 5) is 26.9. The third-order valence-corrected chi connectivity index (χ3v) is 5.90. The summed E-state index contributed by atoms with van der Waals surface area (Å²) in [6, 6.07) is 18.7. The molecule has 0 N–H and O–H groups in total. The monoisotopic (exact) mass is 469 g/mol. The topological polar surface area (TPSA) is 46.6 Å². The average Bonchev–Trinajstić information content (AvgIpc) is 3.03. The Labute approximate surface area is 192 Å². The van der Waals surface area contributed by atoms with Gasteiger partial charge in [-0.25, -0.2) is 9.18 Å². The molecule has 4 nitrogen and oxygen atoms in total. The molecule has 1 fully saturated rings. The Morgan fingerprint density at radius 1 is 1.00 bits per heavy atom. The number of esters is 1. The summed E-state index contributed by atoms with van der Waals surface area (Å²) in [6.07, 6.45) is 1.72. The number of anilines is 1. The molecule has 1 amide bonds. The Bertz CT molecular complexity index is 1190. The van der Waals surface area contributed by atoms with E-state index in [1.54, 1.807) is 54.6 Å². The Morgan fingerprint density at radius 3 is 2.29 bits per heavy atom. The zero-order chi connectivity index (χ0) is 22.0. The van der Waals surface area contributed by atoms with Gasteiger partial charge in [-0.05, 0) is 72.3 Å². The number of amides is 1. The number of benzene rings is 3. The van der Waals surface area contributed by atoms with Crippen LogP contribution in [0.1, 0.15) is 15.9 Å². The predicted octanol–water partition coefficient (Wildman–Crippen LogP) is 6.10. The average molecular weight is 470 g/mol. The van der Waals surface area contributed by atoms with Crippen molar-refractivity contribution < 1.29 is 18.7 Å². The van der Waals surface area contributed by atoms with Crippen molar-refractivity contribution in [3.8, 4) is 5.75 Å². The third-order valence-electron chi connectivity index (χ3n) is 4.35. The lowest BCUT2D eigenvalue weighted by molar-refractivity contribution is -0.113. The molecule has 0 aromatic heterocycles. The number of hydrogen-bond donors (Lipinski definition) is 0. The first-order valence-corrected chi connectivity index (χ1v) is 10.6. The molecular weight excluding hydrogens is 457 g/mol. The normalized spacial score (nSPS) is 14.9. The second-order valence-electron chi connectivity index (χ2n) is 6.46. The number of nitrogens with zero attached hydrogens (tertiary/aromatic N) is 1. The first-order chi connectivity index (χ1) is 14.9. The lowest BCUT2D eigenvalue weighted by Gasteiger charge is -2.14. The van der Waals surface area contributed by atoms with E-state index in [9.17, 15) is 14.0 Å². The molecule has 4 rings (SSSR count). The molecule has 0 aliphatic carbocycles. The standard InChI is InChI=1S/C23H13ClFNO3S2/c24-16-5-9-18(10-6-16)26-21(27)20(31-23(26)30)13-14-1-11-19(12-2-14)29-22(28)15-3-7-17(25)8-4-15/h1-13H. The van der Waals surface area contributed by atoms with Crippen LogP contribution >= 0.6 is 35.6 Å². The van der Waals surface area contributed by atoms with E-state index in [4.69, 9.17) is 28.6 Å². The van der Waals surface area contributed by atoms with E-state index in [0.29, 0.717) is 25.7 Å². The Kier molecular flexibility index (Phi) is 6.18. The molecule has 0 radical (unpaired) electrons. The lowest BCUT2D eigenvalue weighted by atomic mass is 10.2. The van der Waals surface area contributed by atoms with Crippen molar-refractivity contribution in [1.82, 2.24) is 0 Å². The van der Waals surface area contributed by atoms with Crippen molar-refractivity contribution in [2.45, 2.75) is 0 Å². The summed E-state index contributed by atoms with van der Waals surface area (Å²) in [5.41, 5.74) is 1.65. The van der Waals surface area contributed by atoms with Crippen molar-refractivity contribution in [2.24, 2.45) is 0 Å². The first kappa shape index (κ1) is 21.2. The molecule has 3 aromatic carbocycles. The SMILES string of the molecule is O=C(Oc1ccc(C=C2SC(=S)N(c3ccc(Cl)cc3)C2=O)cc1)c1ccc(F)cc1. The smallest absolute Gasteiger partial charge is 0.343 e. The quantitative estimate of drug-likeness (QED) is 0.200. The fraction of sp³-hybridized carbons (Fsp3) is 0. The largest absolute Gasteiger partial charge is 0.423 e. The van der Waals surface area contributed by atoms with Gasteiger partial charge in [0.2, 0.25) is 0 Å². The Balaban J connectivity index is 1.47. The van der Waals surface area contributed by atoms with Gasteiger partial charge in [-0.1, -0.05) is 47.7 Å². The van der Waals surface area contributed by atoms with Crippen LogP contribution in [0.3, 0.4) is 0 Å². The molecule has 1 heterocycles. The number of halogens is 2. The van der Waals surface area contributed by atoms with E-state index in [2.05, 4.69) is 0 Å². The highest BCUT2D eigenvalue weighted by atomic mass is 35.5. The highest BCUT2D eigenvalue weighted by molar-refractivity contribution is 8.27. The summed E-state index contributed by atoms with van der Waals surface area (Å²) in [5, 5.41) is 0.574. The molecule has 1 aliphatic heterocycles. The van der Waals surface area contributed by atoms with Crippen LogP contribution in [0.15, 0.2) is 77.7 Å². The van der Waals surface area contributed by atoms with Gasteiger partial charge in [-0.15, -0.1) is 0 Å². The van der Waals surface area contributed by atoms with E-state index in [1.807, 2.05) is 0 Å². The highest BCUT2D eigenvalue weighted by Gasteiger charge is 2.33. The molecule has 0 unspecified atom stereocenters. The van der Waals surface area contributed by atoms with E-state index >= 15 is 0 Å². The molecule has 0 saturated carbocycles. The van der Waals surface area contributed by atoms with Gasteiger partial charge in [0.25, 0.3) is 5.91 Å². The van der Waals surface area contributed by atoms with Crippen molar-refractivity contribution in [3.05, 3.63) is 99.7 Å². The number of hydrogen-bond acceptors (Lipinski definition) is 5. The summed E-state index contributed by atoms with van der Waals surface area (Å²) >= 11 is 12.5. The summed E-state index contributed by atoms with van der Waals surface area (Å²) in [5.74, 6) is -0.900. The van der Waals surface area contributed by atoms with Gasteiger partial charge in [-0.2, -0.15) is 0 Å². The highest BCUT2D eigenvalue weighted by Crippen LogP contribution is 2.36. The maximum Gasteiger partial charge on any atom is 0.343 e. The number of ether oxygens (including phenoxy) is 1. The number of rotatable bonds is 4. The summed E-state index contributed by atoms with van der Waals surface area (Å²) in [6.45, 7) is 0. The molecule has 31 heavy (non-hydrogen) atoms. The fourth-order valence-electron chi connectivity index (χ4n) is 2.82. The fourth-order valence-corrected chi connectivity index (χ4v) is 4.24. The molecule has 1 saturated heterocycles. The second kappa shape index (κ2) is 9.01. The molecule has 0 atom stereocenters. The van der Waals surface area contributed by atoms with E-state index in [0.717, 1.165) is 5.56 Å². The van der Waals surface area contributed by atoms with Gasteiger partial charge in [0.15, 0.2) is 4.32 Å². The van der Waals surface area contributed by atoms with Crippen LogP contribution in [-0.2, 0) is 4.79 Å². The van der Waals surface area contributed by atoms with Crippen LogP contribution < -0.4 is 9.64 Å². The van der Waals surface area contributed by atoms with Crippen LogP contribution in [-0.4, -0.2) is 16.2 Å². The minimum atomic E-state index is -0.586. The van der Waals surface area contributed by atoms with E-state index in [-0.39, 0.29) is 11.5 Å². The Morgan fingerprint density at radius 2 is 1.65 bits per heavy atom. The van der Waals surface area contributed by atoms with Crippen molar-refractivity contribution in [2.75, 3.05) is 4.90 Å². The van der Waals surface area contributed by atoms with Crippen LogP contribution in [0.25, 0.3) is 6.08 Å². The van der Waals surface area contributed by atoms with Crippen molar-refractivity contribution in [1.29, 1.82) is 0 Å². The third kappa shape index (κ3) is 4.85. The Hall–Kier alpha value is -3.00. The van der Waals surface area contributed by atoms with Crippen LogP contribution in [0.4, 0.5) is 10.1 Å². The maximum atomic E-state index is 13.0. The van der Waals surface area contributed by atoms with Crippen LogP contribution in [0, 0.1) is 5.82 Å². The minimum Gasteiger partial charge on any atom is -0.423 e. The van der Waals surface area contributed by atoms with E-state index < -0.39 is 11.8 Å². The van der Waals surface area contributed by atoms with Crippen LogP contribution in [0.2, 0.25) is 5.02 Å². The van der Waals surface area contributed by atoms with Crippen molar-refractivity contribution >= 4 is 63.5 Å². The molecule has 1 aliphatic rings. The molecular formula is C23H13ClFNO3S2. The van der Waals surface area contributed by atoms with Gasteiger partial charge in [0.1, 0.15) is 11.6 Å². The summed E-state index contributed by atoms with van der Waals surface area (Å²) < 4.78 is 18.7. The lowest BCUT2D eigenvalue weighted by Crippen LogP contribution is -2.27. The zero-order valence-corrected chi connectivity index (χ0v) is 18.1. The van der Waals surface area contributed by atoms with Crippen molar-refractivity contribution in [3.63, 3.8) is 0 Å².